The molecule has 16 rings (SSSR count). The van der Waals surface area contributed by atoms with Crippen molar-refractivity contribution in [3.05, 3.63) is 304 Å². The zero-order valence-corrected chi connectivity index (χ0v) is 52.9. The lowest BCUT2D eigenvalue weighted by Crippen LogP contribution is -2.26. The molecule has 0 aliphatic heterocycles. The van der Waals surface area contributed by atoms with Gasteiger partial charge in [-0.1, -0.05) is 223 Å². The Bertz CT molecular complexity index is 5220. The van der Waals surface area contributed by atoms with E-state index in [2.05, 4.69) is 322 Å². The molecule has 2 heterocycles. The fraction of sp³-hybridized carbons (Fsp3) is 0.151. The molecule has 2 aliphatic carbocycles. The first-order valence-corrected chi connectivity index (χ1v) is 31.8. The molecule has 2 aromatic heterocycles. The second kappa shape index (κ2) is 20.4. The standard InChI is InChI=1S/C86H71N3O/c1-52-35-46-75(70(47-52)61-25-13-11-23-54(61)3)89(59-42-38-57(39-43-59)85(8,9)10)76-50-74-80(82-78(76)68-31-19-22-34-77(68)90-82)79-66-30-16-15-27-63(66)69-49-60(44-45-67(69)81(79)86(74)72-32-20-17-28-64(72)65-29-18-21-33-73(65)86)88(58-40-36-56(37-41-58)84(5,6)7)83-71(48-53(2)51-87-83)62-26-14-12-24-55(62)4/h11-51H,1-10H3. The average molecular weight is 1160 g/mol. The first-order valence-electron chi connectivity index (χ1n) is 31.8. The molecule has 0 fully saturated rings. The van der Waals surface area contributed by atoms with Crippen LogP contribution in [0.1, 0.15) is 97.2 Å². The Morgan fingerprint density at radius 3 is 1.51 bits per heavy atom. The van der Waals surface area contributed by atoms with E-state index < -0.39 is 5.41 Å². The van der Waals surface area contributed by atoms with Gasteiger partial charge in [-0.3, -0.25) is 4.90 Å². The Labute approximate surface area is 528 Å². The lowest BCUT2D eigenvalue weighted by Gasteiger charge is -2.34. The van der Waals surface area contributed by atoms with Crippen LogP contribution in [-0.4, -0.2) is 4.98 Å². The maximum atomic E-state index is 7.67. The molecule has 4 heteroatoms. The topological polar surface area (TPSA) is 32.5 Å². The predicted molar refractivity (Wildman–Crippen MR) is 379 cm³/mol. The first kappa shape index (κ1) is 55.1. The van der Waals surface area contributed by atoms with Crippen molar-refractivity contribution in [3.8, 4) is 44.5 Å². The molecule has 0 atom stereocenters. The van der Waals surface area contributed by atoms with E-state index in [4.69, 9.17) is 9.40 Å². The van der Waals surface area contributed by atoms with E-state index in [1.165, 1.54) is 99.4 Å². The largest absolute Gasteiger partial charge is 0.455 e. The van der Waals surface area contributed by atoms with Crippen LogP contribution in [0.3, 0.4) is 0 Å². The minimum Gasteiger partial charge on any atom is -0.455 e. The number of para-hydroxylation sites is 1. The van der Waals surface area contributed by atoms with Crippen LogP contribution in [0.25, 0.3) is 88.0 Å². The summed E-state index contributed by atoms with van der Waals surface area (Å²) < 4.78 is 7.67. The molecule has 90 heavy (non-hydrogen) atoms. The van der Waals surface area contributed by atoms with Crippen molar-refractivity contribution in [3.63, 3.8) is 0 Å². The van der Waals surface area contributed by atoms with Crippen LogP contribution in [0, 0.1) is 27.7 Å². The van der Waals surface area contributed by atoms with Crippen LogP contribution < -0.4 is 9.80 Å². The molecule has 0 saturated carbocycles. The Hall–Kier alpha value is -10.3. The fourth-order valence-electron chi connectivity index (χ4n) is 15.3. The second-order valence-electron chi connectivity index (χ2n) is 27.3. The molecule has 4 nitrogen and oxygen atoms in total. The zero-order valence-electron chi connectivity index (χ0n) is 52.9. The first-order chi connectivity index (χ1) is 43.6. The summed E-state index contributed by atoms with van der Waals surface area (Å²) in [6.07, 6.45) is 2.02. The number of aromatic nitrogens is 1. The maximum Gasteiger partial charge on any atom is 0.145 e. The van der Waals surface area contributed by atoms with Gasteiger partial charge < -0.3 is 9.32 Å². The molecule has 436 valence electrons. The number of nitrogens with zero attached hydrogens (tertiary/aromatic N) is 3. The number of furan rings is 1. The van der Waals surface area contributed by atoms with Crippen molar-refractivity contribution in [2.45, 2.75) is 85.5 Å². The zero-order chi connectivity index (χ0) is 61.5. The lowest BCUT2D eigenvalue weighted by molar-refractivity contribution is 0.590. The summed E-state index contributed by atoms with van der Waals surface area (Å²) in [5, 5.41) is 6.85. The van der Waals surface area contributed by atoms with Gasteiger partial charge in [0.1, 0.15) is 17.0 Å². The Kier molecular flexibility index (Phi) is 12.5. The predicted octanol–water partition coefficient (Wildman–Crippen LogP) is 23.7. The van der Waals surface area contributed by atoms with E-state index in [0.717, 1.165) is 78.4 Å². The van der Waals surface area contributed by atoms with E-state index in [1.54, 1.807) is 0 Å². The monoisotopic (exact) mass is 1160 g/mol. The summed E-state index contributed by atoms with van der Waals surface area (Å²) in [6.45, 7) is 22.5. The molecule has 0 bridgehead atoms. The number of benzene rings is 12. The molecule has 0 saturated heterocycles. The van der Waals surface area contributed by atoms with Crippen molar-refractivity contribution in [2.24, 2.45) is 0 Å². The minimum atomic E-state index is -0.809. The van der Waals surface area contributed by atoms with E-state index in [0.29, 0.717) is 0 Å². The maximum absolute atomic E-state index is 7.67. The summed E-state index contributed by atoms with van der Waals surface area (Å²) in [5.41, 5.74) is 27.8. The summed E-state index contributed by atoms with van der Waals surface area (Å²) in [6, 6.07) is 91.4. The molecule has 12 aromatic carbocycles. The summed E-state index contributed by atoms with van der Waals surface area (Å²) in [5.74, 6) is 0.877. The number of hydrogen-bond donors (Lipinski definition) is 0. The highest BCUT2D eigenvalue weighted by Crippen LogP contribution is 2.68. The second-order valence-corrected chi connectivity index (χ2v) is 27.3. The van der Waals surface area contributed by atoms with Crippen LogP contribution >= 0.6 is 0 Å². The smallest absolute Gasteiger partial charge is 0.145 e. The van der Waals surface area contributed by atoms with Gasteiger partial charge >= 0.3 is 0 Å². The molecule has 0 radical (unpaired) electrons. The van der Waals surface area contributed by atoms with Crippen molar-refractivity contribution in [1.29, 1.82) is 0 Å². The number of aryl methyl sites for hydroxylation is 4. The quantitative estimate of drug-likeness (QED) is 0.142. The van der Waals surface area contributed by atoms with Crippen molar-refractivity contribution < 1.29 is 4.42 Å². The Morgan fingerprint density at radius 2 is 0.889 bits per heavy atom. The van der Waals surface area contributed by atoms with Gasteiger partial charge in [0.15, 0.2) is 0 Å². The van der Waals surface area contributed by atoms with Crippen molar-refractivity contribution in [2.75, 3.05) is 9.80 Å². The van der Waals surface area contributed by atoms with Gasteiger partial charge in [0.2, 0.25) is 0 Å². The van der Waals surface area contributed by atoms with E-state index in [1.807, 2.05) is 6.20 Å². The highest BCUT2D eigenvalue weighted by Gasteiger charge is 2.55. The minimum absolute atomic E-state index is 0.0271. The molecule has 0 amide bonds. The third-order valence-electron chi connectivity index (χ3n) is 19.6. The Balaban J connectivity index is 1.05. The lowest BCUT2D eigenvalue weighted by atomic mass is 9.69. The number of hydrogen-bond acceptors (Lipinski definition) is 4. The highest BCUT2D eigenvalue weighted by atomic mass is 16.3. The van der Waals surface area contributed by atoms with Gasteiger partial charge in [0.05, 0.1) is 22.2 Å². The van der Waals surface area contributed by atoms with Crippen molar-refractivity contribution in [1.82, 2.24) is 4.98 Å². The van der Waals surface area contributed by atoms with E-state index in [9.17, 15) is 0 Å². The van der Waals surface area contributed by atoms with Crippen molar-refractivity contribution >= 4 is 77.7 Å². The van der Waals surface area contributed by atoms with Crippen LogP contribution in [0.15, 0.2) is 253 Å². The van der Waals surface area contributed by atoms with Gasteiger partial charge in [-0.05, 0) is 205 Å². The van der Waals surface area contributed by atoms with Crippen LogP contribution in [0.5, 0.6) is 0 Å². The molecular weight excluding hydrogens is 1090 g/mol. The van der Waals surface area contributed by atoms with Gasteiger partial charge in [-0.25, -0.2) is 4.98 Å². The number of fused-ring (bicyclic) bond motifs is 19. The summed E-state index contributed by atoms with van der Waals surface area (Å²) >= 11 is 0. The normalized spacial score (nSPS) is 13.1. The van der Waals surface area contributed by atoms with Gasteiger partial charge in [0.25, 0.3) is 0 Å². The molecule has 2 aliphatic rings. The number of pyridine rings is 1. The summed E-state index contributed by atoms with van der Waals surface area (Å²) in [7, 11) is 0. The summed E-state index contributed by atoms with van der Waals surface area (Å²) in [4.78, 5) is 10.4. The van der Waals surface area contributed by atoms with Gasteiger partial charge in [-0.2, -0.15) is 0 Å². The molecule has 1 spiro atoms. The van der Waals surface area contributed by atoms with Crippen LogP contribution in [0.4, 0.5) is 34.3 Å². The molecule has 14 aromatic rings. The van der Waals surface area contributed by atoms with E-state index >= 15 is 0 Å². The highest BCUT2D eigenvalue weighted by molar-refractivity contribution is 6.27. The van der Waals surface area contributed by atoms with Gasteiger partial charge in [0, 0.05) is 45.3 Å². The number of rotatable bonds is 8. The average Bonchev–Trinajstić information content (AvgIpc) is 1.48. The Morgan fingerprint density at radius 1 is 0.367 bits per heavy atom. The molecular formula is C86H71N3O. The molecule has 0 N–H and O–H groups in total. The number of anilines is 6. The third kappa shape index (κ3) is 8.30. The van der Waals surface area contributed by atoms with Gasteiger partial charge in [-0.15, -0.1) is 0 Å². The SMILES string of the molecule is Cc1ccc(N(c2ccc(C(C)(C)C)cc2)c2cc3c(c4oc5ccccc5c24)-c2c(c4ccc(N(c5ccc(C(C)(C)C)cc5)c5ncc(C)cc5-c5ccccc5C)cc4c4ccccc24)C32c3ccccc3-c3ccccc32)c(-c2ccccc2C)c1. The molecule has 0 unspecified atom stereocenters. The van der Waals surface area contributed by atoms with Crippen LogP contribution in [-0.2, 0) is 16.2 Å². The third-order valence-corrected chi connectivity index (χ3v) is 19.6. The van der Waals surface area contributed by atoms with Crippen LogP contribution in [0.2, 0.25) is 0 Å². The fourth-order valence-corrected chi connectivity index (χ4v) is 15.3. The van der Waals surface area contributed by atoms with E-state index in [-0.39, 0.29) is 10.8 Å².